The van der Waals surface area contributed by atoms with E-state index in [1.165, 1.54) is 10.9 Å². The minimum atomic E-state index is -0.0825. The van der Waals surface area contributed by atoms with Gasteiger partial charge in [-0.2, -0.15) is 0 Å². The summed E-state index contributed by atoms with van der Waals surface area (Å²) < 4.78 is 0. The Morgan fingerprint density at radius 1 is 1.12 bits per heavy atom. The van der Waals surface area contributed by atoms with Crippen LogP contribution < -0.4 is 10.6 Å². The molecule has 3 rings (SSSR count). The van der Waals surface area contributed by atoms with Crippen LogP contribution >= 0.6 is 23.2 Å². The molecule has 6 heteroatoms. The highest BCUT2D eigenvalue weighted by Gasteiger charge is 2.06. The fourth-order valence-electron chi connectivity index (χ4n) is 2.55. The van der Waals surface area contributed by atoms with Gasteiger partial charge in [-0.25, -0.2) is 0 Å². The highest BCUT2D eigenvalue weighted by atomic mass is 35.5. The summed E-state index contributed by atoms with van der Waals surface area (Å²) in [5, 5.41) is 8.16. The number of carbonyl (C=O) groups excluding carboxylic acids is 1. The van der Waals surface area contributed by atoms with Crippen LogP contribution in [-0.2, 0) is 11.2 Å². The Morgan fingerprint density at radius 3 is 2.79 bits per heavy atom. The van der Waals surface area contributed by atoms with Crippen molar-refractivity contribution in [2.75, 3.05) is 18.4 Å². The maximum atomic E-state index is 11.9. The summed E-state index contributed by atoms with van der Waals surface area (Å²) >= 11 is 11.9. The lowest BCUT2D eigenvalue weighted by atomic mass is 10.1. The molecule has 3 N–H and O–H groups in total. The highest BCUT2D eigenvalue weighted by Crippen LogP contribution is 2.25. The summed E-state index contributed by atoms with van der Waals surface area (Å²) in [5.74, 6) is -0.0825. The van der Waals surface area contributed by atoms with Gasteiger partial charge in [-0.15, -0.1) is 0 Å². The average Bonchev–Trinajstić information content (AvgIpc) is 2.97. The molecule has 4 nitrogen and oxygen atoms in total. The fraction of sp³-hybridized carbons (Fsp3) is 0.167. The predicted molar refractivity (Wildman–Crippen MR) is 100.0 cm³/mol. The zero-order valence-corrected chi connectivity index (χ0v) is 14.4. The van der Waals surface area contributed by atoms with Crippen molar-refractivity contribution in [3.8, 4) is 0 Å². The summed E-state index contributed by atoms with van der Waals surface area (Å²) in [6.07, 6.45) is 2.76. The lowest BCUT2D eigenvalue weighted by Crippen LogP contribution is -2.31. The Kier molecular flexibility index (Phi) is 5.28. The largest absolute Gasteiger partial charge is 0.375 e. The molecule has 0 saturated carbocycles. The molecule has 124 valence electrons. The van der Waals surface area contributed by atoms with Gasteiger partial charge in [0.25, 0.3) is 0 Å². The van der Waals surface area contributed by atoms with Crippen molar-refractivity contribution < 1.29 is 4.79 Å². The van der Waals surface area contributed by atoms with Crippen molar-refractivity contribution >= 4 is 45.7 Å². The summed E-state index contributed by atoms with van der Waals surface area (Å²) in [6, 6.07) is 13.2. The Balaban J connectivity index is 1.47. The molecule has 1 heterocycles. The van der Waals surface area contributed by atoms with Crippen LogP contribution in [-0.4, -0.2) is 24.0 Å². The second-order valence-corrected chi connectivity index (χ2v) is 6.28. The number of carbonyl (C=O) groups is 1. The van der Waals surface area contributed by atoms with Crippen LogP contribution in [0.1, 0.15) is 5.56 Å². The molecule has 0 radical (unpaired) electrons. The molecule has 0 spiro atoms. The third kappa shape index (κ3) is 4.02. The maximum Gasteiger partial charge on any atom is 0.239 e. The van der Waals surface area contributed by atoms with Gasteiger partial charge in [0.05, 0.1) is 17.3 Å². The maximum absolute atomic E-state index is 11.9. The topological polar surface area (TPSA) is 56.9 Å². The number of benzene rings is 2. The van der Waals surface area contributed by atoms with Crippen molar-refractivity contribution in [3.63, 3.8) is 0 Å². The molecule has 0 atom stereocenters. The van der Waals surface area contributed by atoms with Gasteiger partial charge in [-0.05, 0) is 36.2 Å². The van der Waals surface area contributed by atoms with Gasteiger partial charge < -0.3 is 15.6 Å². The molecule has 2 aromatic carbocycles. The van der Waals surface area contributed by atoms with Crippen LogP contribution in [0.3, 0.4) is 0 Å². The first-order valence-electron chi connectivity index (χ1n) is 7.64. The number of aromatic amines is 1. The van der Waals surface area contributed by atoms with E-state index >= 15 is 0 Å². The van der Waals surface area contributed by atoms with Gasteiger partial charge in [-0.1, -0.05) is 41.4 Å². The average molecular weight is 362 g/mol. The molecule has 0 aliphatic rings. The predicted octanol–water partition coefficient (Wildman–Crippen LogP) is 4.25. The number of aromatic nitrogens is 1. The van der Waals surface area contributed by atoms with Gasteiger partial charge in [-0.3, -0.25) is 4.79 Å². The van der Waals surface area contributed by atoms with Crippen LogP contribution in [0.15, 0.2) is 48.7 Å². The van der Waals surface area contributed by atoms with Crippen molar-refractivity contribution in [2.24, 2.45) is 0 Å². The van der Waals surface area contributed by atoms with E-state index in [-0.39, 0.29) is 12.5 Å². The number of para-hydroxylation sites is 1. The molecule has 1 amide bonds. The van der Waals surface area contributed by atoms with E-state index in [2.05, 4.69) is 21.7 Å². The monoisotopic (exact) mass is 361 g/mol. The van der Waals surface area contributed by atoms with Gasteiger partial charge in [0.15, 0.2) is 0 Å². The fourth-order valence-corrected chi connectivity index (χ4v) is 3.02. The van der Waals surface area contributed by atoms with E-state index in [1.54, 1.807) is 18.2 Å². The second kappa shape index (κ2) is 7.60. The van der Waals surface area contributed by atoms with Gasteiger partial charge in [0.1, 0.15) is 0 Å². The molecular formula is C18H17Cl2N3O. The number of H-pyrrole nitrogens is 1. The molecule has 0 aliphatic heterocycles. The molecule has 24 heavy (non-hydrogen) atoms. The highest BCUT2D eigenvalue weighted by molar-refractivity contribution is 6.36. The molecule has 1 aromatic heterocycles. The molecule has 0 bridgehead atoms. The van der Waals surface area contributed by atoms with Crippen LogP contribution in [0.2, 0.25) is 10.0 Å². The van der Waals surface area contributed by atoms with E-state index in [9.17, 15) is 4.79 Å². The van der Waals surface area contributed by atoms with Crippen molar-refractivity contribution in [1.29, 1.82) is 0 Å². The summed E-state index contributed by atoms with van der Waals surface area (Å²) in [6.45, 7) is 0.742. The Hall–Kier alpha value is -2.17. The molecule has 3 aromatic rings. The molecule has 0 unspecified atom stereocenters. The molecular weight excluding hydrogens is 345 g/mol. The summed E-state index contributed by atoms with van der Waals surface area (Å²) in [4.78, 5) is 15.2. The van der Waals surface area contributed by atoms with Crippen LogP contribution in [0.4, 0.5) is 5.69 Å². The van der Waals surface area contributed by atoms with E-state index in [4.69, 9.17) is 23.2 Å². The number of amides is 1. The third-order valence-corrected chi connectivity index (χ3v) is 4.31. The van der Waals surface area contributed by atoms with E-state index in [0.29, 0.717) is 22.3 Å². The van der Waals surface area contributed by atoms with Gasteiger partial charge >= 0.3 is 0 Å². The SMILES string of the molecule is O=C(CNc1ccc(Cl)cc1Cl)NCCc1c[nH]c2ccccc12. The first-order valence-corrected chi connectivity index (χ1v) is 8.39. The minimum Gasteiger partial charge on any atom is -0.375 e. The first kappa shape index (κ1) is 16.7. The summed E-state index contributed by atoms with van der Waals surface area (Å²) in [7, 11) is 0. The quantitative estimate of drug-likeness (QED) is 0.614. The van der Waals surface area contributed by atoms with E-state index < -0.39 is 0 Å². The number of hydrogen-bond acceptors (Lipinski definition) is 2. The normalized spacial score (nSPS) is 10.8. The number of rotatable bonds is 6. The first-order chi connectivity index (χ1) is 11.6. The number of halogens is 2. The zero-order chi connectivity index (χ0) is 16.9. The van der Waals surface area contributed by atoms with E-state index in [0.717, 1.165) is 11.9 Å². The Labute approximate surface area is 150 Å². The van der Waals surface area contributed by atoms with Crippen LogP contribution in [0, 0.1) is 0 Å². The molecule has 0 fully saturated rings. The third-order valence-electron chi connectivity index (χ3n) is 3.76. The number of anilines is 1. The van der Waals surface area contributed by atoms with Crippen molar-refractivity contribution in [1.82, 2.24) is 10.3 Å². The standard InChI is InChI=1S/C18H17Cl2N3O/c19-13-5-6-17(15(20)9-13)23-11-18(24)21-8-7-12-10-22-16-4-2-1-3-14(12)16/h1-6,9-10,22-23H,7-8,11H2,(H,21,24). The Bertz CT molecular complexity index is 860. The Morgan fingerprint density at radius 2 is 1.96 bits per heavy atom. The lowest BCUT2D eigenvalue weighted by molar-refractivity contribution is -0.119. The van der Waals surface area contributed by atoms with E-state index in [1.807, 2.05) is 24.4 Å². The van der Waals surface area contributed by atoms with Crippen molar-refractivity contribution in [3.05, 3.63) is 64.3 Å². The number of hydrogen-bond donors (Lipinski definition) is 3. The van der Waals surface area contributed by atoms with Crippen LogP contribution in [0.5, 0.6) is 0 Å². The lowest BCUT2D eigenvalue weighted by Gasteiger charge is -2.09. The molecule has 0 aliphatic carbocycles. The minimum absolute atomic E-state index is 0.0825. The zero-order valence-electron chi connectivity index (χ0n) is 12.9. The smallest absolute Gasteiger partial charge is 0.239 e. The number of fused-ring (bicyclic) bond motifs is 1. The van der Waals surface area contributed by atoms with Crippen molar-refractivity contribution in [2.45, 2.75) is 6.42 Å². The van der Waals surface area contributed by atoms with Crippen LogP contribution in [0.25, 0.3) is 10.9 Å². The second-order valence-electron chi connectivity index (χ2n) is 5.44. The van der Waals surface area contributed by atoms with Gasteiger partial charge in [0, 0.05) is 28.7 Å². The summed E-state index contributed by atoms with van der Waals surface area (Å²) in [5.41, 5.74) is 2.99. The van der Waals surface area contributed by atoms with Gasteiger partial charge in [0.2, 0.25) is 5.91 Å². The molecule has 0 saturated heterocycles. The number of nitrogens with one attached hydrogen (secondary N) is 3.